The standard InChI is InChI=1S/C28H40FN3O/c1-33-28-14-8-7-13-27(28)32-19-17-31(18-20-32)16-15-23(24-11-5-6-12-26(24)29)25(21-30)22-9-3-2-4-10-22/h5-8,11-14,22-23,25H,2-4,9-10,15-21,30H2,1H3. The van der Waals surface area contributed by atoms with Crippen LogP contribution in [0.5, 0.6) is 5.75 Å². The van der Waals surface area contributed by atoms with Gasteiger partial charge in [-0.05, 0) is 61.0 Å². The highest BCUT2D eigenvalue weighted by molar-refractivity contribution is 5.58. The Balaban J connectivity index is 1.41. The molecule has 1 saturated carbocycles. The van der Waals surface area contributed by atoms with Crippen molar-refractivity contribution in [2.75, 3.05) is 51.3 Å². The summed E-state index contributed by atoms with van der Waals surface area (Å²) in [6, 6.07) is 15.6. The summed E-state index contributed by atoms with van der Waals surface area (Å²) in [7, 11) is 1.73. The Bertz CT molecular complexity index is 862. The number of nitrogens with two attached hydrogens (primary N) is 1. The maximum atomic E-state index is 14.9. The second-order valence-corrected chi connectivity index (χ2v) is 9.71. The number of para-hydroxylation sites is 2. The normalized spacial score (nSPS) is 19.9. The van der Waals surface area contributed by atoms with Crippen LogP contribution < -0.4 is 15.4 Å². The van der Waals surface area contributed by atoms with Gasteiger partial charge in [-0.15, -0.1) is 0 Å². The minimum absolute atomic E-state index is 0.0715. The minimum Gasteiger partial charge on any atom is -0.495 e. The summed E-state index contributed by atoms with van der Waals surface area (Å²) < 4.78 is 20.5. The van der Waals surface area contributed by atoms with Crippen molar-refractivity contribution >= 4 is 5.69 Å². The van der Waals surface area contributed by atoms with Crippen molar-refractivity contribution in [3.8, 4) is 5.75 Å². The maximum Gasteiger partial charge on any atom is 0.142 e. The minimum atomic E-state index is -0.0715. The highest BCUT2D eigenvalue weighted by atomic mass is 19.1. The molecule has 4 nitrogen and oxygen atoms in total. The molecule has 0 amide bonds. The van der Waals surface area contributed by atoms with E-state index in [1.165, 1.54) is 37.8 Å². The predicted molar refractivity (Wildman–Crippen MR) is 135 cm³/mol. The molecule has 2 unspecified atom stereocenters. The fourth-order valence-corrected chi connectivity index (χ4v) is 6.05. The van der Waals surface area contributed by atoms with Crippen LogP contribution in [0.3, 0.4) is 0 Å². The fourth-order valence-electron chi connectivity index (χ4n) is 6.05. The second-order valence-electron chi connectivity index (χ2n) is 9.71. The molecule has 2 atom stereocenters. The van der Waals surface area contributed by atoms with Crippen molar-refractivity contribution in [3.63, 3.8) is 0 Å². The monoisotopic (exact) mass is 453 g/mol. The number of ether oxygens (including phenoxy) is 1. The Hall–Kier alpha value is -2.11. The predicted octanol–water partition coefficient (Wildman–Crippen LogP) is 5.29. The average molecular weight is 454 g/mol. The van der Waals surface area contributed by atoms with Crippen LogP contribution in [0.15, 0.2) is 48.5 Å². The molecule has 1 aliphatic heterocycles. The van der Waals surface area contributed by atoms with Crippen LogP contribution in [0.2, 0.25) is 0 Å². The first-order chi connectivity index (χ1) is 16.2. The molecule has 0 radical (unpaired) electrons. The van der Waals surface area contributed by atoms with Crippen LogP contribution in [-0.4, -0.2) is 51.3 Å². The van der Waals surface area contributed by atoms with Gasteiger partial charge in [-0.1, -0.05) is 62.4 Å². The molecule has 2 N–H and O–H groups in total. The quantitative estimate of drug-likeness (QED) is 0.560. The van der Waals surface area contributed by atoms with E-state index in [9.17, 15) is 4.39 Å². The van der Waals surface area contributed by atoms with Crippen LogP contribution >= 0.6 is 0 Å². The topological polar surface area (TPSA) is 41.7 Å². The Kier molecular flexibility index (Phi) is 8.63. The summed E-state index contributed by atoms with van der Waals surface area (Å²) in [6.45, 7) is 5.62. The van der Waals surface area contributed by atoms with Crippen molar-refractivity contribution in [1.29, 1.82) is 0 Å². The van der Waals surface area contributed by atoms with Gasteiger partial charge in [0.2, 0.25) is 0 Å². The van der Waals surface area contributed by atoms with E-state index in [4.69, 9.17) is 10.5 Å². The number of hydrogen-bond acceptors (Lipinski definition) is 4. The lowest BCUT2D eigenvalue weighted by molar-refractivity contribution is 0.188. The largest absolute Gasteiger partial charge is 0.495 e. The first kappa shape index (κ1) is 24.0. The van der Waals surface area contributed by atoms with Gasteiger partial charge >= 0.3 is 0 Å². The summed E-state index contributed by atoms with van der Waals surface area (Å²) in [5.74, 6) is 2.03. The number of rotatable bonds is 9. The van der Waals surface area contributed by atoms with E-state index >= 15 is 0 Å². The molecule has 180 valence electrons. The maximum absolute atomic E-state index is 14.9. The van der Waals surface area contributed by atoms with Gasteiger partial charge in [0.25, 0.3) is 0 Å². The highest BCUT2D eigenvalue weighted by Gasteiger charge is 2.32. The van der Waals surface area contributed by atoms with Gasteiger partial charge in [0.1, 0.15) is 11.6 Å². The van der Waals surface area contributed by atoms with E-state index in [0.29, 0.717) is 18.4 Å². The van der Waals surface area contributed by atoms with Gasteiger partial charge in [0, 0.05) is 26.2 Å². The molecule has 1 saturated heterocycles. The lowest BCUT2D eigenvalue weighted by atomic mass is 9.71. The molecule has 2 aromatic carbocycles. The first-order valence-electron chi connectivity index (χ1n) is 12.8. The number of benzene rings is 2. The van der Waals surface area contributed by atoms with Crippen molar-refractivity contribution in [2.45, 2.75) is 44.4 Å². The third-order valence-corrected chi connectivity index (χ3v) is 7.90. The van der Waals surface area contributed by atoms with Crippen LogP contribution in [0.1, 0.15) is 50.0 Å². The molecule has 2 fully saturated rings. The fraction of sp³-hybridized carbons (Fsp3) is 0.571. The van der Waals surface area contributed by atoms with E-state index in [0.717, 1.165) is 50.5 Å². The van der Waals surface area contributed by atoms with Crippen molar-refractivity contribution in [2.24, 2.45) is 17.6 Å². The van der Waals surface area contributed by atoms with Crippen LogP contribution in [0.4, 0.5) is 10.1 Å². The zero-order chi connectivity index (χ0) is 23.0. The van der Waals surface area contributed by atoms with E-state index in [-0.39, 0.29) is 11.7 Å². The molecule has 5 heteroatoms. The Morgan fingerprint density at radius 3 is 2.36 bits per heavy atom. The van der Waals surface area contributed by atoms with E-state index in [1.807, 2.05) is 24.3 Å². The second kappa shape index (κ2) is 11.8. The average Bonchev–Trinajstić information content (AvgIpc) is 2.88. The third kappa shape index (κ3) is 5.88. The Morgan fingerprint density at radius 2 is 1.67 bits per heavy atom. The number of methoxy groups -OCH3 is 1. The van der Waals surface area contributed by atoms with Gasteiger partial charge in [0.05, 0.1) is 12.8 Å². The zero-order valence-corrected chi connectivity index (χ0v) is 20.1. The third-order valence-electron chi connectivity index (χ3n) is 7.90. The number of anilines is 1. The first-order valence-corrected chi connectivity index (χ1v) is 12.8. The van der Waals surface area contributed by atoms with Crippen molar-refractivity contribution < 1.29 is 9.13 Å². The zero-order valence-electron chi connectivity index (χ0n) is 20.1. The number of nitrogens with zero attached hydrogens (tertiary/aromatic N) is 2. The molecule has 4 rings (SSSR count). The van der Waals surface area contributed by atoms with Gasteiger partial charge in [-0.25, -0.2) is 4.39 Å². The molecule has 33 heavy (non-hydrogen) atoms. The van der Waals surface area contributed by atoms with Crippen LogP contribution in [0, 0.1) is 17.7 Å². The van der Waals surface area contributed by atoms with E-state index in [1.54, 1.807) is 19.2 Å². The Labute approximate surface area is 198 Å². The summed E-state index contributed by atoms with van der Waals surface area (Å²) in [5.41, 5.74) is 8.39. The molecule has 0 aromatic heterocycles. The van der Waals surface area contributed by atoms with Gasteiger partial charge in [-0.2, -0.15) is 0 Å². The number of halogens is 1. The van der Waals surface area contributed by atoms with E-state index in [2.05, 4.69) is 21.9 Å². The molecular weight excluding hydrogens is 413 g/mol. The molecule has 1 heterocycles. The van der Waals surface area contributed by atoms with Gasteiger partial charge in [0.15, 0.2) is 0 Å². The molecule has 1 aliphatic carbocycles. The number of piperazine rings is 1. The summed E-state index contributed by atoms with van der Waals surface area (Å²) in [4.78, 5) is 4.95. The summed E-state index contributed by atoms with van der Waals surface area (Å²) in [5, 5.41) is 0. The molecule has 2 aromatic rings. The lowest BCUT2D eigenvalue weighted by Crippen LogP contribution is -2.47. The molecular formula is C28H40FN3O. The summed E-state index contributed by atoms with van der Waals surface area (Å²) >= 11 is 0. The van der Waals surface area contributed by atoms with Crippen LogP contribution in [0.25, 0.3) is 0 Å². The lowest BCUT2D eigenvalue weighted by Gasteiger charge is -2.39. The smallest absolute Gasteiger partial charge is 0.142 e. The molecule has 0 bridgehead atoms. The van der Waals surface area contributed by atoms with Gasteiger partial charge in [-0.3, -0.25) is 4.90 Å². The molecule has 2 aliphatic rings. The molecule has 0 spiro atoms. The van der Waals surface area contributed by atoms with Crippen molar-refractivity contribution in [3.05, 3.63) is 59.9 Å². The van der Waals surface area contributed by atoms with Crippen molar-refractivity contribution in [1.82, 2.24) is 4.90 Å². The van der Waals surface area contributed by atoms with Crippen LogP contribution in [-0.2, 0) is 0 Å². The highest BCUT2D eigenvalue weighted by Crippen LogP contribution is 2.40. The summed E-state index contributed by atoms with van der Waals surface area (Å²) in [6.07, 6.45) is 7.35. The SMILES string of the molecule is COc1ccccc1N1CCN(CCC(c2ccccc2F)C(CN)C2CCCCC2)CC1. The van der Waals surface area contributed by atoms with Gasteiger partial charge < -0.3 is 15.4 Å². The number of hydrogen-bond donors (Lipinski definition) is 1. The van der Waals surface area contributed by atoms with E-state index < -0.39 is 0 Å². The Morgan fingerprint density at radius 1 is 0.970 bits per heavy atom.